The van der Waals surface area contributed by atoms with Crippen molar-refractivity contribution in [2.75, 3.05) is 53.6 Å². The predicted octanol–water partition coefficient (Wildman–Crippen LogP) is 8.67. The number of carbonyl (C=O) groups excluding carboxylic acids is 2. The lowest BCUT2D eigenvalue weighted by atomic mass is 9.93. The molecule has 0 radical (unpaired) electrons. The Kier molecular flexibility index (Phi) is 14.0. The molecule has 1 aromatic heterocycles. The van der Waals surface area contributed by atoms with Crippen LogP contribution in [0.3, 0.4) is 0 Å². The zero-order valence-corrected chi connectivity index (χ0v) is 31.9. The van der Waals surface area contributed by atoms with Gasteiger partial charge in [0.25, 0.3) is 0 Å². The third kappa shape index (κ3) is 11.8. The Balaban J connectivity index is 0.995. The van der Waals surface area contributed by atoms with Crippen LogP contribution in [-0.4, -0.2) is 76.1 Å². The van der Waals surface area contributed by atoms with E-state index in [2.05, 4.69) is 27.7 Å². The highest BCUT2D eigenvalue weighted by molar-refractivity contribution is 7.22. The molecule has 2 heterocycles. The van der Waals surface area contributed by atoms with E-state index in [0.717, 1.165) is 101 Å². The number of benzene rings is 3. The fourth-order valence-electron chi connectivity index (χ4n) is 6.15. The minimum absolute atomic E-state index is 0.0748. The fraction of sp³-hybridized carbons (Fsp3) is 0.463. The van der Waals surface area contributed by atoms with E-state index in [1.165, 1.54) is 0 Å². The molecule has 0 aliphatic carbocycles. The molecule has 2 amide bonds. The van der Waals surface area contributed by atoms with Crippen LogP contribution in [0.15, 0.2) is 66.7 Å². The first-order valence-electron chi connectivity index (χ1n) is 18.2. The van der Waals surface area contributed by atoms with Crippen LogP contribution >= 0.6 is 11.3 Å². The van der Waals surface area contributed by atoms with Crippen LogP contribution in [0.2, 0.25) is 0 Å². The van der Waals surface area contributed by atoms with Gasteiger partial charge in [0.1, 0.15) is 35.2 Å². The van der Waals surface area contributed by atoms with E-state index in [1.807, 2.05) is 75.4 Å². The molecule has 280 valence electrons. The SMILES string of the molecule is COc1ccc(-c2sc3cc(OC)ccc3c2Oc2ccc(OCCN3CCC(CCNC(=O)CCCCNC(=O)OC(C)(C)C)CC3)cc2)cc1. The van der Waals surface area contributed by atoms with Gasteiger partial charge in [-0.05, 0) is 144 Å². The van der Waals surface area contributed by atoms with Gasteiger partial charge in [0.05, 0.1) is 19.1 Å². The summed E-state index contributed by atoms with van der Waals surface area (Å²) < 4.78 is 29.8. The third-order valence-electron chi connectivity index (χ3n) is 9.00. The van der Waals surface area contributed by atoms with E-state index in [4.69, 9.17) is 23.7 Å². The van der Waals surface area contributed by atoms with Crippen molar-refractivity contribution in [1.82, 2.24) is 15.5 Å². The van der Waals surface area contributed by atoms with Gasteiger partial charge in [0, 0.05) is 36.1 Å². The minimum Gasteiger partial charge on any atom is -0.497 e. The number of rotatable bonds is 17. The second kappa shape index (κ2) is 18.8. The van der Waals surface area contributed by atoms with Crippen LogP contribution in [0.4, 0.5) is 4.79 Å². The number of carbonyl (C=O) groups is 2. The summed E-state index contributed by atoms with van der Waals surface area (Å²) >= 11 is 1.67. The number of thiophene rings is 1. The van der Waals surface area contributed by atoms with Gasteiger partial charge in [-0.2, -0.15) is 0 Å². The van der Waals surface area contributed by atoms with E-state index in [1.54, 1.807) is 25.6 Å². The number of hydrogen-bond acceptors (Lipinski definition) is 9. The van der Waals surface area contributed by atoms with Crippen LogP contribution in [0.25, 0.3) is 20.5 Å². The number of methoxy groups -OCH3 is 2. The Labute approximate surface area is 311 Å². The van der Waals surface area contributed by atoms with Gasteiger partial charge >= 0.3 is 6.09 Å². The number of nitrogens with one attached hydrogen (secondary N) is 2. The number of piperidine rings is 1. The maximum absolute atomic E-state index is 12.2. The second-order valence-corrected chi connectivity index (χ2v) is 15.1. The first-order chi connectivity index (χ1) is 25.1. The van der Waals surface area contributed by atoms with Crippen LogP contribution in [0, 0.1) is 5.92 Å². The third-order valence-corrected chi connectivity index (χ3v) is 10.2. The summed E-state index contributed by atoms with van der Waals surface area (Å²) in [7, 11) is 3.35. The minimum atomic E-state index is -0.510. The number of fused-ring (bicyclic) bond motifs is 1. The summed E-state index contributed by atoms with van der Waals surface area (Å²) in [4.78, 5) is 27.4. The molecule has 0 unspecified atom stereocenters. The van der Waals surface area contributed by atoms with Gasteiger partial charge in [-0.15, -0.1) is 11.3 Å². The van der Waals surface area contributed by atoms with Crippen molar-refractivity contribution in [3.8, 4) is 39.2 Å². The Morgan fingerprint density at radius 3 is 2.19 bits per heavy atom. The molecule has 1 aliphatic rings. The van der Waals surface area contributed by atoms with Crippen LogP contribution < -0.4 is 29.6 Å². The number of ether oxygens (including phenoxy) is 5. The Morgan fingerprint density at radius 1 is 0.827 bits per heavy atom. The van der Waals surface area contributed by atoms with Gasteiger partial charge in [-0.25, -0.2) is 4.79 Å². The summed E-state index contributed by atoms with van der Waals surface area (Å²) in [6, 6.07) is 21.9. The zero-order valence-electron chi connectivity index (χ0n) is 31.1. The molecule has 5 rings (SSSR count). The van der Waals surface area contributed by atoms with Crippen molar-refractivity contribution >= 4 is 33.4 Å². The summed E-state index contributed by atoms with van der Waals surface area (Å²) in [5.41, 5.74) is 0.547. The van der Waals surface area contributed by atoms with Crippen molar-refractivity contribution in [2.24, 2.45) is 5.92 Å². The van der Waals surface area contributed by atoms with E-state index in [-0.39, 0.29) is 5.91 Å². The first-order valence-corrected chi connectivity index (χ1v) is 19.0. The largest absolute Gasteiger partial charge is 0.497 e. The van der Waals surface area contributed by atoms with Gasteiger partial charge in [-0.1, -0.05) is 0 Å². The maximum Gasteiger partial charge on any atom is 0.407 e. The average molecular weight is 732 g/mol. The smallest absolute Gasteiger partial charge is 0.407 e. The predicted molar refractivity (Wildman–Crippen MR) is 207 cm³/mol. The van der Waals surface area contributed by atoms with Crippen molar-refractivity contribution in [1.29, 1.82) is 0 Å². The summed E-state index contributed by atoms with van der Waals surface area (Å²) in [5, 5.41) is 6.83. The Morgan fingerprint density at radius 2 is 1.50 bits per heavy atom. The monoisotopic (exact) mass is 731 g/mol. The number of nitrogens with zero attached hydrogens (tertiary/aromatic N) is 1. The van der Waals surface area contributed by atoms with E-state index in [0.29, 0.717) is 32.0 Å². The molecule has 52 heavy (non-hydrogen) atoms. The lowest BCUT2D eigenvalue weighted by Crippen LogP contribution is -2.37. The summed E-state index contributed by atoms with van der Waals surface area (Å²) in [5.74, 6) is 4.68. The highest BCUT2D eigenvalue weighted by Crippen LogP contribution is 2.47. The molecule has 10 nitrogen and oxygen atoms in total. The molecule has 2 N–H and O–H groups in total. The number of likely N-dealkylation sites (tertiary alicyclic amines) is 1. The standard InChI is InChI=1S/C41H53N3O7S/c1-41(2,3)51-40(46)43-22-7-6-8-37(45)42-23-19-29-20-24-44(25-21-29)26-27-49-32-13-15-33(16-14-32)50-38-35-18-17-34(48-5)28-36(35)52-39(38)30-9-11-31(47-4)12-10-30/h9-18,28-29H,6-8,19-27H2,1-5H3,(H,42,45)(H,43,46). The molecule has 0 bridgehead atoms. The quantitative estimate of drug-likeness (QED) is 0.104. The van der Waals surface area contributed by atoms with Gasteiger partial charge in [0.15, 0.2) is 5.75 Å². The fourth-order valence-corrected chi connectivity index (χ4v) is 7.31. The average Bonchev–Trinajstić information content (AvgIpc) is 3.49. The molecule has 0 atom stereocenters. The van der Waals surface area contributed by atoms with Gasteiger partial charge in [-0.3, -0.25) is 9.69 Å². The number of hydrogen-bond donors (Lipinski definition) is 2. The highest BCUT2D eigenvalue weighted by Gasteiger charge is 2.20. The Hall–Kier alpha value is -4.48. The van der Waals surface area contributed by atoms with Crippen molar-refractivity contribution in [3.63, 3.8) is 0 Å². The number of amides is 2. The van der Waals surface area contributed by atoms with Crippen molar-refractivity contribution in [2.45, 2.75) is 64.9 Å². The second-order valence-electron chi connectivity index (χ2n) is 14.1. The zero-order chi connectivity index (χ0) is 36.9. The molecular weight excluding hydrogens is 679 g/mol. The van der Waals surface area contributed by atoms with E-state index in [9.17, 15) is 9.59 Å². The molecule has 1 aliphatic heterocycles. The molecule has 1 fully saturated rings. The summed E-state index contributed by atoms with van der Waals surface area (Å²) in [6.45, 7) is 10.3. The van der Waals surface area contributed by atoms with Gasteiger partial charge in [0.2, 0.25) is 5.91 Å². The van der Waals surface area contributed by atoms with Crippen molar-refractivity contribution in [3.05, 3.63) is 66.7 Å². The first kappa shape index (κ1) is 38.7. The number of alkyl carbamates (subject to hydrolysis) is 1. The Bertz CT molecular complexity index is 1730. The summed E-state index contributed by atoms with van der Waals surface area (Å²) in [6.07, 6.45) is 4.78. The molecule has 3 aromatic carbocycles. The molecular formula is C41H53N3O7S. The molecule has 1 saturated heterocycles. The topological polar surface area (TPSA) is 108 Å². The lowest BCUT2D eigenvalue weighted by Gasteiger charge is -2.31. The van der Waals surface area contributed by atoms with Crippen LogP contribution in [0.1, 0.15) is 59.3 Å². The maximum atomic E-state index is 12.2. The van der Waals surface area contributed by atoms with Crippen LogP contribution in [0.5, 0.6) is 28.7 Å². The molecule has 0 saturated carbocycles. The van der Waals surface area contributed by atoms with Gasteiger partial charge < -0.3 is 34.3 Å². The molecule has 11 heteroatoms. The number of unbranched alkanes of at least 4 members (excludes halogenated alkanes) is 1. The molecule has 0 spiro atoms. The highest BCUT2D eigenvalue weighted by atomic mass is 32.1. The van der Waals surface area contributed by atoms with Crippen molar-refractivity contribution < 1.29 is 33.3 Å². The van der Waals surface area contributed by atoms with E-state index < -0.39 is 11.7 Å². The molecule has 4 aromatic rings. The van der Waals surface area contributed by atoms with Crippen LogP contribution in [-0.2, 0) is 9.53 Å². The van der Waals surface area contributed by atoms with E-state index >= 15 is 0 Å². The lowest BCUT2D eigenvalue weighted by molar-refractivity contribution is -0.121. The normalized spacial score (nSPS) is 13.8.